The van der Waals surface area contributed by atoms with Crippen LogP contribution in [0.15, 0.2) is 17.1 Å². The van der Waals surface area contributed by atoms with E-state index in [0.717, 1.165) is 25.1 Å². The Kier molecular flexibility index (Phi) is 11.3. The Morgan fingerprint density at radius 1 is 1.37 bits per heavy atom. The average molecular weight is 381 g/mol. The van der Waals surface area contributed by atoms with Crippen molar-refractivity contribution in [2.45, 2.75) is 51.6 Å². The monoisotopic (exact) mass is 381 g/mol. The second-order valence-electron chi connectivity index (χ2n) is 5.07. The van der Waals surface area contributed by atoms with Crippen LogP contribution in [-0.4, -0.2) is 31.8 Å². The van der Waals surface area contributed by atoms with E-state index in [0.29, 0.717) is 18.6 Å². The highest BCUT2D eigenvalue weighted by molar-refractivity contribution is 14.0. The Hall–Kier alpha value is -0.300. The molecule has 1 fully saturated rings. The number of aliphatic imine (C=N–C) groups is 1. The first kappa shape index (κ1) is 18.7. The molecule has 19 heavy (non-hydrogen) atoms. The number of nitrogens with two attached hydrogens (primary N) is 1. The summed E-state index contributed by atoms with van der Waals surface area (Å²) in [6.07, 6.45) is 7.95. The summed E-state index contributed by atoms with van der Waals surface area (Å²) < 4.78 is 5.83. The van der Waals surface area contributed by atoms with Gasteiger partial charge in [-0.3, -0.25) is 0 Å². The van der Waals surface area contributed by atoms with E-state index >= 15 is 0 Å². The lowest BCUT2D eigenvalue weighted by Gasteiger charge is -2.21. The number of halogens is 1. The summed E-state index contributed by atoms with van der Waals surface area (Å²) in [5.41, 5.74) is 6.72. The summed E-state index contributed by atoms with van der Waals surface area (Å²) >= 11 is 0. The molecule has 1 saturated carbocycles. The van der Waals surface area contributed by atoms with Crippen LogP contribution in [0.4, 0.5) is 0 Å². The number of nitrogens with one attached hydrogen (secondary N) is 1. The van der Waals surface area contributed by atoms with Gasteiger partial charge in [-0.2, -0.15) is 0 Å². The molecule has 0 aromatic heterocycles. The predicted octanol–water partition coefficient (Wildman–Crippen LogP) is 2.82. The van der Waals surface area contributed by atoms with Gasteiger partial charge in [-0.25, -0.2) is 4.99 Å². The quantitative estimate of drug-likeness (QED) is 0.234. The maximum Gasteiger partial charge on any atom is 0.188 e. The maximum absolute atomic E-state index is 5.83. The number of ether oxygens (including phenoxy) is 1. The van der Waals surface area contributed by atoms with Gasteiger partial charge < -0.3 is 15.8 Å². The molecule has 5 heteroatoms. The molecule has 3 N–H and O–H groups in total. The summed E-state index contributed by atoms with van der Waals surface area (Å²) in [7, 11) is 0. The fourth-order valence-electron chi connectivity index (χ4n) is 2.05. The van der Waals surface area contributed by atoms with Crippen LogP contribution >= 0.6 is 24.0 Å². The highest BCUT2D eigenvalue weighted by atomic mass is 127. The number of hydrogen-bond donors (Lipinski definition) is 2. The van der Waals surface area contributed by atoms with Gasteiger partial charge in [0.25, 0.3) is 0 Å². The first-order valence-electron chi connectivity index (χ1n) is 6.98. The summed E-state index contributed by atoms with van der Waals surface area (Å²) in [4.78, 5) is 4.15. The minimum Gasteiger partial charge on any atom is -0.378 e. The third-order valence-corrected chi connectivity index (χ3v) is 3.05. The molecule has 112 valence electrons. The van der Waals surface area contributed by atoms with Crippen molar-refractivity contribution in [3.8, 4) is 0 Å². The summed E-state index contributed by atoms with van der Waals surface area (Å²) in [5.74, 6) is 0.496. The minimum absolute atomic E-state index is 0. The van der Waals surface area contributed by atoms with Crippen molar-refractivity contribution in [3.05, 3.63) is 12.2 Å². The van der Waals surface area contributed by atoms with E-state index in [1.165, 1.54) is 32.1 Å². The van der Waals surface area contributed by atoms with Crippen LogP contribution in [0.2, 0.25) is 0 Å². The van der Waals surface area contributed by atoms with E-state index in [1.54, 1.807) is 0 Å². The van der Waals surface area contributed by atoms with Crippen molar-refractivity contribution < 1.29 is 4.74 Å². The topological polar surface area (TPSA) is 59.6 Å². The van der Waals surface area contributed by atoms with Crippen molar-refractivity contribution >= 4 is 29.9 Å². The zero-order valence-corrected chi connectivity index (χ0v) is 14.3. The number of nitrogens with zero attached hydrogens (tertiary/aromatic N) is 1. The molecule has 0 aliphatic heterocycles. The van der Waals surface area contributed by atoms with Gasteiger partial charge in [0.15, 0.2) is 5.96 Å². The standard InChI is InChI=1S/C14H27N3O.HI/c1-12(2)11-17-14(15)16-9-6-10-18-13-7-4-3-5-8-13;/h13H,1,3-11H2,2H3,(H3,15,16,17);1H. The van der Waals surface area contributed by atoms with Crippen LogP contribution in [0.1, 0.15) is 45.4 Å². The predicted molar refractivity (Wildman–Crippen MR) is 92.2 cm³/mol. The second kappa shape index (κ2) is 11.5. The normalized spacial score (nSPS) is 16.8. The molecule has 0 saturated heterocycles. The molecule has 0 heterocycles. The Balaban J connectivity index is 0.00000324. The van der Waals surface area contributed by atoms with Crippen LogP contribution in [0.3, 0.4) is 0 Å². The average Bonchev–Trinajstić information content (AvgIpc) is 2.37. The Bertz CT molecular complexity index is 276. The van der Waals surface area contributed by atoms with Crippen molar-refractivity contribution in [1.82, 2.24) is 5.32 Å². The van der Waals surface area contributed by atoms with Gasteiger partial charge in [-0.15, -0.1) is 24.0 Å². The van der Waals surface area contributed by atoms with Gasteiger partial charge in [0.2, 0.25) is 0 Å². The molecule has 4 nitrogen and oxygen atoms in total. The van der Waals surface area contributed by atoms with Gasteiger partial charge in [0.05, 0.1) is 12.6 Å². The van der Waals surface area contributed by atoms with Crippen LogP contribution < -0.4 is 11.1 Å². The molecule has 0 unspecified atom stereocenters. The summed E-state index contributed by atoms with van der Waals surface area (Å²) in [6.45, 7) is 7.94. The SMILES string of the molecule is C=C(C)CN=C(N)NCCCOC1CCCCC1.I. The van der Waals surface area contributed by atoms with Gasteiger partial charge in [-0.1, -0.05) is 31.4 Å². The molecule has 0 aromatic carbocycles. The number of hydrogen-bond acceptors (Lipinski definition) is 2. The van der Waals surface area contributed by atoms with E-state index in [9.17, 15) is 0 Å². The van der Waals surface area contributed by atoms with Gasteiger partial charge >= 0.3 is 0 Å². The molecular weight excluding hydrogens is 353 g/mol. The first-order valence-corrected chi connectivity index (χ1v) is 6.98. The van der Waals surface area contributed by atoms with Crippen LogP contribution in [0, 0.1) is 0 Å². The Morgan fingerprint density at radius 3 is 2.68 bits per heavy atom. The van der Waals surface area contributed by atoms with Crippen LogP contribution in [-0.2, 0) is 4.74 Å². The molecule has 1 aliphatic rings. The molecular formula is C14H28IN3O. The van der Waals surface area contributed by atoms with Crippen molar-refractivity contribution in [2.75, 3.05) is 19.7 Å². The lowest BCUT2D eigenvalue weighted by molar-refractivity contribution is 0.0277. The Morgan fingerprint density at radius 2 is 2.05 bits per heavy atom. The molecule has 1 rings (SSSR count). The highest BCUT2D eigenvalue weighted by Gasteiger charge is 2.12. The number of guanidine groups is 1. The van der Waals surface area contributed by atoms with Gasteiger partial charge in [0.1, 0.15) is 0 Å². The third-order valence-electron chi connectivity index (χ3n) is 3.05. The summed E-state index contributed by atoms with van der Waals surface area (Å²) in [5, 5.41) is 3.08. The largest absolute Gasteiger partial charge is 0.378 e. The molecule has 0 spiro atoms. The van der Waals surface area contributed by atoms with E-state index in [1.807, 2.05) is 6.92 Å². The van der Waals surface area contributed by atoms with Gasteiger partial charge in [0, 0.05) is 13.2 Å². The van der Waals surface area contributed by atoms with Gasteiger partial charge in [-0.05, 0) is 26.2 Å². The fourth-order valence-corrected chi connectivity index (χ4v) is 2.05. The molecule has 0 atom stereocenters. The lowest BCUT2D eigenvalue weighted by atomic mass is 9.98. The molecule has 0 bridgehead atoms. The summed E-state index contributed by atoms with van der Waals surface area (Å²) in [6, 6.07) is 0. The van der Waals surface area contributed by atoms with Crippen molar-refractivity contribution in [3.63, 3.8) is 0 Å². The zero-order valence-electron chi connectivity index (χ0n) is 12.0. The second-order valence-corrected chi connectivity index (χ2v) is 5.07. The fraction of sp³-hybridized carbons (Fsp3) is 0.786. The number of rotatable bonds is 7. The lowest BCUT2D eigenvalue weighted by Crippen LogP contribution is -2.33. The third kappa shape index (κ3) is 10.2. The van der Waals surface area contributed by atoms with E-state index in [4.69, 9.17) is 10.5 Å². The Labute approximate surface area is 134 Å². The molecule has 0 aromatic rings. The smallest absolute Gasteiger partial charge is 0.188 e. The minimum atomic E-state index is 0. The first-order chi connectivity index (χ1) is 8.68. The zero-order chi connectivity index (χ0) is 13.2. The van der Waals surface area contributed by atoms with Crippen molar-refractivity contribution in [1.29, 1.82) is 0 Å². The van der Waals surface area contributed by atoms with E-state index < -0.39 is 0 Å². The van der Waals surface area contributed by atoms with Crippen LogP contribution in [0.5, 0.6) is 0 Å². The highest BCUT2D eigenvalue weighted by Crippen LogP contribution is 2.20. The van der Waals surface area contributed by atoms with Crippen LogP contribution in [0.25, 0.3) is 0 Å². The molecule has 0 radical (unpaired) electrons. The maximum atomic E-state index is 5.83. The van der Waals surface area contributed by atoms with E-state index in [2.05, 4.69) is 16.9 Å². The van der Waals surface area contributed by atoms with E-state index in [-0.39, 0.29) is 24.0 Å². The molecule has 1 aliphatic carbocycles. The molecule has 0 amide bonds. The van der Waals surface area contributed by atoms with Crippen molar-refractivity contribution in [2.24, 2.45) is 10.7 Å².